The molecule has 0 bridgehead atoms. The van der Waals surface area contributed by atoms with Crippen molar-refractivity contribution in [1.29, 1.82) is 0 Å². The highest BCUT2D eigenvalue weighted by Gasteiger charge is 2.39. The van der Waals surface area contributed by atoms with E-state index in [9.17, 15) is 9.90 Å². The molecule has 1 amide bonds. The van der Waals surface area contributed by atoms with Gasteiger partial charge in [-0.2, -0.15) is 0 Å². The predicted octanol–water partition coefficient (Wildman–Crippen LogP) is 6.35. The zero-order valence-electron chi connectivity index (χ0n) is 20.4. The predicted molar refractivity (Wildman–Crippen MR) is 151 cm³/mol. The van der Waals surface area contributed by atoms with Crippen LogP contribution in [0.3, 0.4) is 0 Å². The Morgan fingerprint density at radius 3 is 2.50 bits per heavy atom. The van der Waals surface area contributed by atoms with Crippen molar-refractivity contribution in [2.75, 3.05) is 23.8 Å². The minimum absolute atomic E-state index is 0.0542. The Morgan fingerprint density at radius 1 is 1.03 bits per heavy atom. The van der Waals surface area contributed by atoms with Gasteiger partial charge in [-0.25, -0.2) is 4.99 Å². The van der Waals surface area contributed by atoms with E-state index in [1.54, 1.807) is 23.6 Å². The molecule has 1 saturated heterocycles. The summed E-state index contributed by atoms with van der Waals surface area (Å²) in [6, 6.07) is 23.9. The number of aliphatic hydroxyl groups is 1. The number of amides is 1. The molecule has 36 heavy (non-hydrogen) atoms. The molecule has 2 N–H and O–H groups in total. The van der Waals surface area contributed by atoms with Gasteiger partial charge in [0.15, 0.2) is 5.17 Å². The number of benzene rings is 3. The number of hydrogen-bond donors (Lipinski definition) is 2. The maximum Gasteiger partial charge on any atom is 0.269 e. The summed E-state index contributed by atoms with van der Waals surface area (Å²) < 4.78 is 0. The fraction of sp³-hybridized carbons (Fsp3) is 0.214. The molecule has 6 nitrogen and oxygen atoms in total. The van der Waals surface area contributed by atoms with Crippen molar-refractivity contribution >= 4 is 51.7 Å². The number of rotatable bonds is 6. The van der Waals surface area contributed by atoms with E-state index in [4.69, 9.17) is 4.99 Å². The van der Waals surface area contributed by atoms with Crippen LogP contribution in [-0.4, -0.2) is 34.7 Å². The second-order valence-corrected chi connectivity index (χ2v) is 10.6. The van der Waals surface area contributed by atoms with Crippen molar-refractivity contribution in [1.82, 2.24) is 4.90 Å². The van der Waals surface area contributed by atoms with Crippen molar-refractivity contribution in [2.45, 2.75) is 31.4 Å². The zero-order chi connectivity index (χ0) is 25.2. The lowest BCUT2D eigenvalue weighted by Crippen LogP contribution is -2.29. The van der Waals surface area contributed by atoms with Crippen molar-refractivity contribution in [3.8, 4) is 0 Å². The van der Waals surface area contributed by atoms with Gasteiger partial charge in [-0.15, -0.1) is 0 Å². The molecule has 1 fully saturated rings. The second-order valence-electron chi connectivity index (χ2n) is 8.62. The Bertz CT molecular complexity index is 1350. The number of fused-ring (bicyclic) bond motifs is 1. The van der Waals surface area contributed by atoms with Gasteiger partial charge < -0.3 is 15.3 Å². The average Bonchev–Trinajstić information content (AvgIpc) is 3.37. The maximum atomic E-state index is 13.9. The van der Waals surface area contributed by atoms with Crippen LogP contribution < -0.4 is 10.2 Å². The highest BCUT2D eigenvalue weighted by Crippen LogP contribution is 2.50. The molecule has 2 aliphatic heterocycles. The Hall–Kier alpha value is -3.20. The van der Waals surface area contributed by atoms with Gasteiger partial charge in [0.05, 0.1) is 34.7 Å². The van der Waals surface area contributed by atoms with E-state index in [0.29, 0.717) is 22.3 Å². The summed E-state index contributed by atoms with van der Waals surface area (Å²) in [4.78, 5) is 24.5. The number of hydrogen-bond acceptors (Lipinski definition) is 7. The molecule has 0 radical (unpaired) electrons. The number of aliphatic hydroxyl groups excluding tert-OH is 1. The van der Waals surface area contributed by atoms with E-state index < -0.39 is 6.10 Å². The molecule has 2 heterocycles. The Labute approximate surface area is 220 Å². The normalized spacial score (nSPS) is 19.2. The van der Waals surface area contributed by atoms with Gasteiger partial charge in [0.2, 0.25) is 0 Å². The molecule has 0 aliphatic carbocycles. The topological polar surface area (TPSA) is 68.2 Å². The van der Waals surface area contributed by atoms with Crippen molar-refractivity contribution < 1.29 is 9.90 Å². The van der Waals surface area contributed by atoms with Crippen LogP contribution in [0.5, 0.6) is 0 Å². The first-order valence-electron chi connectivity index (χ1n) is 11.9. The number of thioether (sulfide) groups is 2. The van der Waals surface area contributed by atoms with Crippen LogP contribution in [0.1, 0.15) is 31.1 Å². The lowest BCUT2D eigenvalue weighted by atomic mass is 10.1. The number of carbonyl (C=O) groups is 1. The van der Waals surface area contributed by atoms with E-state index in [1.807, 2.05) is 74.6 Å². The lowest BCUT2D eigenvalue weighted by molar-refractivity contribution is -0.122. The van der Waals surface area contributed by atoms with E-state index >= 15 is 0 Å². The number of carbonyl (C=O) groups excluding carboxylic acids is 1. The van der Waals surface area contributed by atoms with Gasteiger partial charge >= 0.3 is 0 Å². The molecule has 184 valence electrons. The fourth-order valence-corrected chi connectivity index (χ4v) is 6.50. The molecule has 1 unspecified atom stereocenters. The van der Waals surface area contributed by atoms with Crippen LogP contribution in [0, 0.1) is 0 Å². The quantitative estimate of drug-likeness (QED) is 0.372. The van der Waals surface area contributed by atoms with Gasteiger partial charge in [0, 0.05) is 18.5 Å². The number of nitrogens with one attached hydrogen (secondary N) is 1. The number of para-hydroxylation sites is 1. The molecule has 0 saturated carbocycles. The van der Waals surface area contributed by atoms with Crippen molar-refractivity contribution in [2.24, 2.45) is 4.99 Å². The van der Waals surface area contributed by atoms with E-state index in [0.717, 1.165) is 39.0 Å². The van der Waals surface area contributed by atoms with Crippen LogP contribution in [0.25, 0.3) is 0 Å². The van der Waals surface area contributed by atoms with Crippen LogP contribution in [0.4, 0.5) is 17.1 Å². The third kappa shape index (κ3) is 4.76. The van der Waals surface area contributed by atoms with Gasteiger partial charge in [0.25, 0.3) is 5.91 Å². The highest BCUT2D eigenvalue weighted by molar-refractivity contribution is 8.19. The summed E-state index contributed by atoms with van der Waals surface area (Å²) in [7, 11) is 2.00. The number of anilines is 2. The SMILES string of the molecule is CCNc1ccc(C(C)O)cc1N=C1S/C(=C2\Sc3ccccc3N2C)C(=O)N1Cc1ccccc1. The Kier molecular flexibility index (Phi) is 7.09. The third-order valence-electron chi connectivity index (χ3n) is 6.07. The molecule has 0 aromatic heterocycles. The molecular weight excluding hydrogens is 488 g/mol. The first-order valence-corrected chi connectivity index (χ1v) is 13.5. The molecule has 5 rings (SSSR count). The number of amidine groups is 1. The zero-order valence-corrected chi connectivity index (χ0v) is 22.1. The summed E-state index contributed by atoms with van der Waals surface area (Å²) in [5, 5.41) is 15.1. The van der Waals surface area contributed by atoms with Crippen LogP contribution >= 0.6 is 23.5 Å². The molecule has 3 aromatic rings. The maximum absolute atomic E-state index is 13.9. The van der Waals surface area contributed by atoms with E-state index in [2.05, 4.69) is 22.3 Å². The van der Waals surface area contributed by atoms with Gasteiger partial charge in [0.1, 0.15) is 4.91 Å². The van der Waals surface area contributed by atoms with E-state index in [1.165, 1.54) is 11.8 Å². The standard InChI is InChI=1S/C28H28N4O2S2/c1-4-29-21-15-14-20(18(2)33)16-22(21)30-28-32(17-19-10-6-5-7-11-19)26(34)25(36-28)27-31(3)23-12-8-9-13-24(23)35-27/h5-16,18,29,33H,4,17H2,1-3H3/b27-25-,30-28?. The van der Waals surface area contributed by atoms with Crippen LogP contribution in [-0.2, 0) is 11.3 Å². The van der Waals surface area contributed by atoms with Crippen LogP contribution in [0.15, 0.2) is 92.6 Å². The summed E-state index contributed by atoms with van der Waals surface area (Å²) in [6.45, 7) is 4.93. The molecule has 3 aromatic carbocycles. The summed E-state index contributed by atoms with van der Waals surface area (Å²) in [6.07, 6.45) is -0.613. The average molecular weight is 517 g/mol. The summed E-state index contributed by atoms with van der Waals surface area (Å²) >= 11 is 3.02. The Morgan fingerprint density at radius 2 is 1.78 bits per heavy atom. The van der Waals surface area contributed by atoms with Crippen LogP contribution in [0.2, 0.25) is 0 Å². The summed E-state index contributed by atoms with van der Waals surface area (Å²) in [5.74, 6) is -0.0542. The monoisotopic (exact) mass is 516 g/mol. The molecule has 8 heteroatoms. The van der Waals surface area contributed by atoms with Gasteiger partial charge in [-0.1, -0.05) is 60.3 Å². The van der Waals surface area contributed by atoms with Gasteiger partial charge in [-0.3, -0.25) is 9.69 Å². The van der Waals surface area contributed by atoms with Crippen molar-refractivity contribution in [3.05, 3.63) is 93.9 Å². The minimum atomic E-state index is -0.613. The third-order valence-corrected chi connectivity index (χ3v) is 8.50. The fourth-order valence-electron chi connectivity index (χ4n) is 4.17. The minimum Gasteiger partial charge on any atom is -0.389 e. The smallest absolute Gasteiger partial charge is 0.269 e. The molecule has 0 spiro atoms. The Balaban J connectivity index is 1.59. The number of nitrogens with zero attached hydrogens (tertiary/aromatic N) is 3. The first kappa shape index (κ1) is 24.5. The van der Waals surface area contributed by atoms with Crippen molar-refractivity contribution in [3.63, 3.8) is 0 Å². The summed E-state index contributed by atoms with van der Waals surface area (Å²) in [5.41, 5.74) is 4.47. The molecular formula is C28H28N4O2S2. The van der Waals surface area contributed by atoms with E-state index in [-0.39, 0.29) is 5.91 Å². The lowest BCUT2D eigenvalue weighted by Gasteiger charge is -2.17. The second kappa shape index (κ2) is 10.4. The number of aliphatic imine (C=N–C) groups is 1. The van der Waals surface area contributed by atoms with Gasteiger partial charge in [-0.05, 0) is 61.0 Å². The highest BCUT2D eigenvalue weighted by atomic mass is 32.2. The molecule has 2 aliphatic rings. The molecule has 1 atom stereocenters. The first-order chi connectivity index (χ1) is 17.5. The largest absolute Gasteiger partial charge is 0.389 e.